The number of rotatable bonds is 4. The minimum absolute atomic E-state index is 0.0303. The largest absolute Gasteiger partial charge is 0.458 e. The summed E-state index contributed by atoms with van der Waals surface area (Å²) in [5, 5.41) is 0. The lowest BCUT2D eigenvalue weighted by Crippen LogP contribution is -2.55. The molecular formula is C19H32O2. The first-order valence-electron chi connectivity index (χ1n) is 9.08. The lowest BCUT2D eigenvalue weighted by atomic mass is 9.60. The maximum atomic E-state index is 12.5. The number of carbonyl (C=O) groups is 1. The Morgan fingerprint density at radius 2 is 1.95 bits per heavy atom. The van der Waals surface area contributed by atoms with Crippen molar-refractivity contribution in [1.82, 2.24) is 0 Å². The van der Waals surface area contributed by atoms with Crippen LogP contribution in [0.25, 0.3) is 0 Å². The van der Waals surface area contributed by atoms with Gasteiger partial charge in [0.05, 0.1) is 5.92 Å². The quantitative estimate of drug-likeness (QED) is 0.695. The monoisotopic (exact) mass is 292 g/mol. The fourth-order valence-corrected chi connectivity index (χ4v) is 6.14. The smallest absolute Gasteiger partial charge is 0.309 e. The van der Waals surface area contributed by atoms with Crippen molar-refractivity contribution in [3.63, 3.8) is 0 Å². The normalized spacial score (nSPS) is 45.9. The van der Waals surface area contributed by atoms with Gasteiger partial charge in [-0.2, -0.15) is 0 Å². The van der Waals surface area contributed by atoms with Crippen LogP contribution in [-0.2, 0) is 9.53 Å². The molecule has 6 atom stereocenters. The Hall–Kier alpha value is -0.530. The maximum Gasteiger partial charge on any atom is 0.309 e. The molecule has 0 aromatic rings. The number of ether oxygens (including phenoxy) is 1. The molecule has 0 aliphatic heterocycles. The summed E-state index contributed by atoms with van der Waals surface area (Å²) in [5.41, 5.74) is 0.0137. The van der Waals surface area contributed by atoms with Crippen LogP contribution in [0.15, 0.2) is 0 Å². The van der Waals surface area contributed by atoms with Crippen LogP contribution in [0.3, 0.4) is 0 Å². The van der Waals surface area contributed by atoms with Gasteiger partial charge in [-0.3, -0.25) is 4.79 Å². The van der Waals surface area contributed by atoms with Crippen LogP contribution in [0, 0.1) is 35.0 Å². The minimum Gasteiger partial charge on any atom is -0.458 e. The van der Waals surface area contributed by atoms with E-state index >= 15 is 0 Å². The Balaban J connectivity index is 1.91. The number of fused-ring (bicyclic) bond motifs is 5. The van der Waals surface area contributed by atoms with Crippen LogP contribution in [0.2, 0.25) is 0 Å². The molecule has 3 saturated carbocycles. The molecule has 2 bridgehead atoms. The summed E-state index contributed by atoms with van der Waals surface area (Å²) < 4.78 is 6.32. The number of carbonyl (C=O) groups excluding carboxylic acids is 1. The molecule has 120 valence electrons. The summed E-state index contributed by atoms with van der Waals surface area (Å²) in [5.74, 6) is 3.00. The first-order chi connectivity index (χ1) is 9.85. The van der Waals surface area contributed by atoms with E-state index in [1.54, 1.807) is 0 Å². The standard InChI is InChI=1S/C19H32O2/c1-6-13(4)17(20)21-19(12(2)3)11-14-10-18(19,5)16-9-7-8-15(14)16/h12-16H,6-11H2,1-5H3. The summed E-state index contributed by atoms with van der Waals surface area (Å²) in [6, 6.07) is 0. The van der Waals surface area contributed by atoms with Crippen LogP contribution in [0.5, 0.6) is 0 Å². The average molecular weight is 292 g/mol. The molecule has 0 heterocycles. The van der Waals surface area contributed by atoms with Crippen molar-refractivity contribution >= 4 is 5.97 Å². The molecule has 0 aromatic carbocycles. The molecule has 2 heteroatoms. The molecular weight excluding hydrogens is 260 g/mol. The zero-order valence-corrected chi connectivity index (χ0v) is 14.4. The molecule has 0 radical (unpaired) electrons. The van der Waals surface area contributed by atoms with E-state index in [4.69, 9.17) is 4.74 Å². The van der Waals surface area contributed by atoms with E-state index in [0.29, 0.717) is 5.92 Å². The predicted octanol–water partition coefficient (Wildman–Crippen LogP) is 4.82. The first kappa shape index (κ1) is 15.4. The van der Waals surface area contributed by atoms with E-state index in [1.165, 1.54) is 25.7 Å². The molecule has 3 rings (SSSR count). The Morgan fingerprint density at radius 3 is 2.57 bits per heavy atom. The van der Waals surface area contributed by atoms with Gasteiger partial charge in [-0.25, -0.2) is 0 Å². The highest BCUT2D eigenvalue weighted by atomic mass is 16.6. The summed E-state index contributed by atoms with van der Waals surface area (Å²) in [7, 11) is 0. The van der Waals surface area contributed by atoms with Crippen molar-refractivity contribution in [3.8, 4) is 0 Å². The van der Waals surface area contributed by atoms with Gasteiger partial charge >= 0.3 is 5.97 Å². The van der Waals surface area contributed by atoms with Crippen LogP contribution >= 0.6 is 0 Å². The third kappa shape index (κ3) is 1.93. The Morgan fingerprint density at radius 1 is 1.24 bits per heavy atom. The van der Waals surface area contributed by atoms with Gasteiger partial charge in [0.15, 0.2) is 0 Å². The van der Waals surface area contributed by atoms with Gasteiger partial charge in [0.25, 0.3) is 0 Å². The molecule has 2 nitrogen and oxygen atoms in total. The Kier molecular flexibility index (Phi) is 3.65. The van der Waals surface area contributed by atoms with E-state index in [-0.39, 0.29) is 22.9 Å². The zero-order chi connectivity index (χ0) is 15.4. The topological polar surface area (TPSA) is 26.3 Å². The van der Waals surface area contributed by atoms with Gasteiger partial charge < -0.3 is 4.74 Å². The highest BCUT2D eigenvalue weighted by Crippen LogP contribution is 2.71. The van der Waals surface area contributed by atoms with Crippen molar-refractivity contribution in [3.05, 3.63) is 0 Å². The van der Waals surface area contributed by atoms with Gasteiger partial charge in [0.1, 0.15) is 5.60 Å². The molecule has 0 amide bonds. The summed E-state index contributed by atoms with van der Waals surface area (Å²) in [4.78, 5) is 12.5. The lowest BCUT2D eigenvalue weighted by molar-refractivity contribution is -0.197. The highest BCUT2D eigenvalue weighted by Gasteiger charge is 2.70. The molecule has 3 aliphatic rings. The van der Waals surface area contributed by atoms with Crippen molar-refractivity contribution < 1.29 is 9.53 Å². The third-order valence-electron chi connectivity index (χ3n) is 7.44. The molecule has 0 spiro atoms. The van der Waals surface area contributed by atoms with Crippen LogP contribution < -0.4 is 0 Å². The van der Waals surface area contributed by atoms with Crippen molar-refractivity contribution in [2.45, 2.75) is 78.7 Å². The fourth-order valence-electron chi connectivity index (χ4n) is 6.14. The van der Waals surface area contributed by atoms with Crippen LogP contribution in [0.1, 0.15) is 73.1 Å². The van der Waals surface area contributed by atoms with Crippen molar-refractivity contribution in [1.29, 1.82) is 0 Å². The second-order valence-electron chi connectivity index (χ2n) is 8.56. The SMILES string of the molecule is CCC(C)C(=O)OC1(C(C)C)CC2CC1(C)C1CCCC21. The number of hydrogen-bond donors (Lipinski definition) is 0. The van der Waals surface area contributed by atoms with E-state index in [9.17, 15) is 4.79 Å². The number of hydrogen-bond acceptors (Lipinski definition) is 2. The van der Waals surface area contributed by atoms with Crippen molar-refractivity contribution in [2.75, 3.05) is 0 Å². The van der Waals surface area contributed by atoms with E-state index < -0.39 is 0 Å². The first-order valence-corrected chi connectivity index (χ1v) is 9.08. The predicted molar refractivity (Wildman–Crippen MR) is 84.8 cm³/mol. The van der Waals surface area contributed by atoms with E-state index in [2.05, 4.69) is 27.7 Å². The molecule has 21 heavy (non-hydrogen) atoms. The Bertz CT molecular complexity index is 429. The average Bonchev–Trinajstić information content (AvgIpc) is 3.08. The summed E-state index contributed by atoms with van der Waals surface area (Å²) in [6.45, 7) is 11.0. The van der Waals surface area contributed by atoms with Gasteiger partial charge in [0, 0.05) is 5.41 Å². The fraction of sp³-hybridized carbons (Fsp3) is 0.947. The van der Waals surface area contributed by atoms with E-state index in [0.717, 1.165) is 30.6 Å². The maximum absolute atomic E-state index is 12.5. The Labute approximate surface area is 130 Å². The molecule has 3 fully saturated rings. The third-order valence-corrected chi connectivity index (χ3v) is 7.44. The van der Waals surface area contributed by atoms with Crippen molar-refractivity contribution in [2.24, 2.45) is 35.0 Å². The van der Waals surface area contributed by atoms with Gasteiger partial charge in [0.2, 0.25) is 0 Å². The number of esters is 1. The van der Waals surface area contributed by atoms with Gasteiger partial charge in [-0.15, -0.1) is 0 Å². The highest BCUT2D eigenvalue weighted by molar-refractivity contribution is 5.72. The molecule has 0 N–H and O–H groups in total. The molecule has 6 unspecified atom stereocenters. The van der Waals surface area contributed by atoms with Gasteiger partial charge in [-0.1, -0.05) is 41.0 Å². The summed E-state index contributed by atoms with van der Waals surface area (Å²) in [6.07, 6.45) is 7.43. The molecule has 0 saturated heterocycles. The zero-order valence-electron chi connectivity index (χ0n) is 14.4. The second-order valence-corrected chi connectivity index (χ2v) is 8.56. The summed E-state index contributed by atoms with van der Waals surface area (Å²) >= 11 is 0. The van der Waals surface area contributed by atoms with Crippen LogP contribution in [-0.4, -0.2) is 11.6 Å². The minimum atomic E-state index is -0.205. The second kappa shape index (κ2) is 4.99. The lowest BCUT2D eigenvalue weighted by Gasteiger charge is -2.52. The molecule has 3 aliphatic carbocycles. The van der Waals surface area contributed by atoms with Crippen LogP contribution in [0.4, 0.5) is 0 Å². The van der Waals surface area contributed by atoms with E-state index in [1.807, 2.05) is 6.92 Å². The van der Waals surface area contributed by atoms with Gasteiger partial charge in [-0.05, 0) is 55.8 Å². The molecule has 0 aromatic heterocycles.